The Morgan fingerprint density at radius 3 is 2.79 bits per heavy atom. The second kappa shape index (κ2) is 6.70. The van der Waals surface area contributed by atoms with Gasteiger partial charge in [-0.2, -0.15) is 0 Å². The molecular weight excluding hydrogens is 326 g/mol. The van der Waals surface area contributed by atoms with Crippen molar-refractivity contribution >= 4 is 28.3 Å². The van der Waals surface area contributed by atoms with E-state index in [2.05, 4.69) is 10.3 Å². The predicted octanol–water partition coefficient (Wildman–Crippen LogP) is 1.88. The molecule has 0 saturated carbocycles. The Morgan fingerprint density at radius 1 is 1.38 bits per heavy atom. The number of hydrogen-bond donors (Lipinski definition) is 2. The van der Waals surface area contributed by atoms with Crippen LogP contribution >= 0.6 is 11.3 Å². The summed E-state index contributed by atoms with van der Waals surface area (Å²) in [5.41, 5.74) is 0.943. The Balaban J connectivity index is 1.76. The van der Waals surface area contributed by atoms with Gasteiger partial charge in [-0.25, -0.2) is 4.98 Å². The van der Waals surface area contributed by atoms with Crippen LogP contribution in [0.15, 0.2) is 35.7 Å². The molecule has 1 saturated heterocycles. The van der Waals surface area contributed by atoms with Crippen molar-refractivity contribution in [2.24, 2.45) is 0 Å². The summed E-state index contributed by atoms with van der Waals surface area (Å²) in [6.45, 7) is 2.43. The number of aromatic nitrogens is 1. The van der Waals surface area contributed by atoms with Gasteiger partial charge < -0.3 is 15.3 Å². The minimum atomic E-state index is -0.423. The summed E-state index contributed by atoms with van der Waals surface area (Å²) in [7, 11) is 0. The van der Waals surface area contributed by atoms with Crippen LogP contribution in [0.3, 0.4) is 0 Å². The highest BCUT2D eigenvalue weighted by molar-refractivity contribution is 7.14. The highest BCUT2D eigenvalue weighted by Crippen LogP contribution is 2.35. The van der Waals surface area contributed by atoms with E-state index in [-0.39, 0.29) is 18.4 Å². The molecule has 2 amide bonds. The van der Waals surface area contributed by atoms with Crippen LogP contribution in [0.2, 0.25) is 0 Å². The van der Waals surface area contributed by atoms with Gasteiger partial charge in [0.15, 0.2) is 5.13 Å². The number of benzene rings is 1. The molecule has 0 bridgehead atoms. The van der Waals surface area contributed by atoms with Crippen molar-refractivity contribution in [2.75, 3.05) is 25.0 Å². The molecule has 1 atom stereocenters. The molecule has 0 spiro atoms. The van der Waals surface area contributed by atoms with E-state index in [4.69, 9.17) is 0 Å². The molecular formula is C17H19N3O3S. The number of nitrogens with zero attached hydrogens (tertiary/aromatic N) is 2. The fourth-order valence-electron chi connectivity index (χ4n) is 3.04. The number of aliphatic hydroxyl groups is 1. The molecule has 2 N–H and O–H groups in total. The fourth-order valence-corrected chi connectivity index (χ4v) is 3.77. The second-order valence-electron chi connectivity index (χ2n) is 6.00. The van der Waals surface area contributed by atoms with E-state index >= 15 is 0 Å². The quantitative estimate of drug-likeness (QED) is 0.886. The van der Waals surface area contributed by atoms with E-state index in [1.54, 1.807) is 10.3 Å². The highest BCUT2D eigenvalue weighted by Gasteiger charge is 2.41. The standard InChI is InChI=1S/C17H19N3O3S/c1-12(22)18-16-19-14(9-24-16)15(23)20-8-7-17(10-20,11-21)13-5-3-2-4-6-13/h2-6,9,21H,7-8,10-11H2,1H3,(H,18,19,22). The number of carbonyl (C=O) groups excluding carboxylic acids is 2. The molecule has 1 aliphatic heterocycles. The van der Waals surface area contributed by atoms with Crippen molar-refractivity contribution in [3.05, 3.63) is 47.0 Å². The summed E-state index contributed by atoms with van der Waals surface area (Å²) in [4.78, 5) is 29.6. The van der Waals surface area contributed by atoms with Gasteiger partial charge in [0.2, 0.25) is 5.91 Å². The molecule has 2 heterocycles. The van der Waals surface area contributed by atoms with Gasteiger partial charge >= 0.3 is 0 Å². The summed E-state index contributed by atoms with van der Waals surface area (Å²) in [6.07, 6.45) is 0.710. The first-order chi connectivity index (χ1) is 11.5. The largest absolute Gasteiger partial charge is 0.395 e. The molecule has 1 unspecified atom stereocenters. The SMILES string of the molecule is CC(=O)Nc1nc(C(=O)N2CCC(CO)(c3ccccc3)C2)cs1. The maximum atomic E-state index is 12.7. The third-order valence-corrected chi connectivity index (χ3v) is 5.09. The molecule has 1 aromatic carbocycles. The van der Waals surface area contributed by atoms with Crippen LogP contribution in [-0.4, -0.2) is 46.5 Å². The van der Waals surface area contributed by atoms with Gasteiger partial charge in [0.25, 0.3) is 5.91 Å². The maximum absolute atomic E-state index is 12.7. The molecule has 1 aliphatic rings. The monoisotopic (exact) mass is 345 g/mol. The third-order valence-electron chi connectivity index (χ3n) is 4.34. The first kappa shape index (κ1) is 16.6. The summed E-state index contributed by atoms with van der Waals surface area (Å²) in [6, 6.07) is 9.80. The minimum Gasteiger partial charge on any atom is -0.395 e. The van der Waals surface area contributed by atoms with Gasteiger partial charge in [0, 0.05) is 30.8 Å². The number of aliphatic hydroxyl groups excluding tert-OH is 1. The number of nitrogens with one attached hydrogen (secondary N) is 1. The van der Waals surface area contributed by atoms with Gasteiger partial charge in [0.1, 0.15) is 5.69 Å². The van der Waals surface area contributed by atoms with Crippen LogP contribution in [0.5, 0.6) is 0 Å². The lowest BCUT2D eigenvalue weighted by molar-refractivity contribution is -0.114. The lowest BCUT2D eigenvalue weighted by atomic mass is 9.80. The third kappa shape index (κ3) is 3.18. The number of hydrogen-bond acceptors (Lipinski definition) is 5. The van der Waals surface area contributed by atoms with Crippen molar-refractivity contribution in [3.63, 3.8) is 0 Å². The number of likely N-dealkylation sites (tertiary alicyclic amines) is 1. The van der Waals surface area contributed by atoms with Crippen LogP contribution in [-0.2, 0) is 10.2 Å². The van der Waals surface area contributed by atoms with Crippen molar-refractivity contribution in [2.45, 2.75) is 18.8 Å². The summed E-state index contributed by atoms with van der Waals surface area (Å²) in [5, 5.41) is 14.6. The van der Waals surface area contributed by atoms with Crippen molar-refractivity contribution in [1.29, 1.82) is 0 Å². The van der Waals surface area contributed by atoms with E-state index in [1.807, 2.05) is 30.3 Å². The van der Waals surface area contributed by atoms with Gasteiger partial charge in [-0.05, 0) is 12.0 Å². The molecule has 1 aromatic heterocycles. The van der Waals surface area contributed by atoms with E-state index in [0.717, 1.165) is 5.56 Å². The Labute approximate surface area is 144 Å². The summed E-state index contributed by atoms with van der Waals surface area (Å²) in [5.74, 6) is -0.387. The molecule has 2 aromatic rings. The molecule has 7 heteroatoms. The predicted molar refractivity (Wildman–Crippen MR) is 92.1 cm³/mol. The Bertz CT molecular complexity index is 747. The van der Waals surface area contributed by atoms with Gasteiger partial charge in [-0.15, -0.1) is 11.3 Å². The minimum absolute atomic E-state index is 0.00496. The molecule has 6 nitrogen and oxygen atoms in total. The summed E-state index contributed by atoms with van der Waals surface area (Å²) >= 11 is 1.23. The molecule has 0 radical (unpaired) electrons. The normalized spacial score (nSPS) is 20.2. The zero-order chi connectivity index (χ0) is 17.2. The average molecular weight is 345 g/mol. The number of rotatable bonds is 4. The van der Waals surface area contributed by atoms with Crippen molar-refractivity contribution in [1.82, 2.24) is 9.88 Å². The number of anilines is 1. The van der Waals surface area contributed by atoms with E-state index in [9.17, 15) is 14.7 Å². The van der Waals surface area contributed by atoms with Crippen LogP contribution in [0.4, 0.5) is 5.13 Å². The van der Waals surface area contributed by atoms with E-state index in [1.165, 1.54) is 18.3 Å². The lowest BCUT2D eigenvalue weighted by Gasteiger charge is -2.27. The molecule has 24 heavy (non-hydrogen) atoms. The Hall–Kier alpha value is -2.25. The Morgan fingerprint density at radius 2 is 2.12 bits per heavy atom. The maximum Gasteiger partial charge on any atom is 0.273 e. The average Bonchev–Trinajstić information content (AvgIpc) is 3.22. The fraction of sp³-hybridized carbons (Fsp3) is 0.353. The molecule has 1 fully saturated rings. The molecule has 0 aliphatic carbocycles. The van der Waals surface area contributed by atoms with Crippen LogP contribution < -0.4 is 5.32 Å². The molecule has 3 rings (SSSR count). The smallest absolute Gasteiger partial charge is 0.273 e. The first-order valence-corrected chi connectivity index (χ1v) is 8.61. The number of thiazole rings is 1. The van der Waals surface area contributed by atoms with Gasteiger partial charge in [-0.3, -0.25) is 9.59 Å². The van der Waals surface area contributed by atoms with Crippen LogP contribution in [0.25, 0.3) is 0 Å². The number of carbonyl (C=O) groups is 2. The topological polar surface area (TPSA) is 82.5 Å². The summed E-state index contributed by atoms with van der Waals surface area (Å²) < 4.78 is 0. The zero-order valence-electron chi connectivity index (χ0n) is 13.4. The zero-order valence-corrected chi connectivity index (χ0v) is 14.2. The van der Waals surface area contributed by atoms with Crippen molar-refractivity contribution < 1.29 is 14.7 Å². The number of amides is 2. The van der Waals surface area contributed by atoms with Crippen LogP contribution in [0.1, 0.15) is 29.4 Å². The van der Waals surface area contributed by atoms with E-state index in [0.29, 0.717) is 30.3 Å². The van der Waals surface area contributed by atoms with Gasteiger partial charge in [-0.1, -0.05) is 30.3 Å². The Kier molecular flexibility index (Phi) is 4.64. The molecule has 126 valence electrons. The van der Waals surface area contributed by atoms with Gasteiger partial charge in [0.05, 0.1) is 6.61 Å². The first-order valence-electron chi connectivity index (χ1n) is 7.73. The highest BCUT2D eigenvalue weighted by atomic mass is 32.1. The lowest BCUT2D eigenvalue weighted by Crippen LogP contribution is -2.37. The van der Waals surface area contributed by atoms with Crippen molar-refractivity contribution in [3.8, 4) is 0 Å². The van der Waals surface area contributed by atoms with E-state index < -0.39 is 5.41 Å². The van der Waals surface area contributed by atoms with Crippen LogP contribution in [0, 0.1) is 0 Å². The second-order valence-corrected chi connectivity index (χ2v) is 6.86.